The summed E-state index contributed by atoms with van der Waals surface area (Å²) in [6.45, 7) is 3.45. The van der Waals surface area contributed by atoms with Crippen molar-refractivity contribution in [1.29, 1.82) is 0 Å². The fourth-order valence-corrected chi connectivity index (χ4v) is 1.67. The molecule has 0 unspecified atom stereocenters. The van der Waals surface area contributed by atoms with Crippen LogP contribution in [0.15, 0.2) is 48.5 Å². The van der Waals surface area contributed by atoms with Crippen molar-refractivity contribution in [3.05, 3.63) is 54.1 Å². The average molecular weight is 242 g/mol. The van der Waals surface area contributed by atoms with Gasteiger partial charge < -0.3 is 15.8 Å². The third-order valence-electron chi connectivity index (χ3n) is 2.60. The smallest absolute Gasteiger partial charge is 0.119 e. The monoisotopic (exact) mass is 242 g/mol. The summed E-state index contributed by atoms with van der Waals surface area (Å²) in [5, 5.41) is 3.28. The van der Waals surface area contributed by atoms with Crippen molar-refractivity contribution in [1.82, 2.24) is 0 Å². The number of nitrogen functional groups attached to an aromatic ring is 1. The van der Waals surface area contributed by atoms with Crippen LogP contribution in [0.25, 0.3) is 0 Å². The third kappa shape index (κ3) is 3.70. The topological polar surface area (TPSA) is 47.3 Å². The van der Waals surface area contributed by atoms with E-state index in [0.29, 0.717) is 6.61 Å². The Morgan fingerprint density at radius 3 is 2.61 bits per heavy atom. The van der Waals surface area contributed by atoms with Gasteiger partial charge in [-0.25, -0.2) is 0 Å². The molecule has 0 atom stereocenters. The third-order valence-corrected chi connectivity index (χ3v) is 2.60. The summed E-state index contributed by atoms with van der Waals surface area (Å²) in [7, 11) is 0. The summed E-state index contributed by atoms with van der Waals surface area (Å²) in [5.41, 5.74) is 8.65. The molecule has 0 aliphatic rings. The first-order valence-electron chi connectivity index (χ1n) is 6.03. The molecule has 0 aliphatic heterocycles. The Morgan fingerprint density at radius 1 is 1.11 bits per heavy atom. The lowest BCUT2D eigenvalue weighted by atomic mass is 10.2. The van der Waals surface area contributed by atoms with Crippen molar-refractivity contribution >= 4 is 11.4 Å². The number of hydrogen-bond acceptors (Lipinski definition) is 3. The van der Waals surface area contributed by atoms with E-state index in [1.54, 1.807) is 0 Å². The molecule has 3 heteroatoms. The van der Waals surface area contributed by atoms with Crippen LogP contribution in [0.1, 0.15) is 5.56 Å². The largest absolute Gasteiger partial charge is 0.492 e. The van der Waals surface area contributed by atoms with Crippen molar-refractivity contribution in [3.8, 4) is 5.75 Å². The van der Waals surface area contributed by atoms with Crippen LogP contribution in [0.5, 0.6) is 5.75 Å². The van der Waals surface area contributed by atoms with Gasteiger partial charge in [0.05, 0.1) is 0 Å². The van der Waals surface area contributed by atoms with Crippen LogP contribution in [0.4, 0.5) is 11.4 Å². The minimum Gasteiger partial charge on any atom is -0.492 e. The Hall–Kier alpha value is -2.16. The van der Waals surface area contributed by atoms with Crippen LogP contribution in [0, 0.1) is 6.92 Å². The minimum absolute atomic E-state index is 0.633. The van der Waals surface area contributed by atoms with E-state index in [9.17, 15) is 0 Å². The molecular formula is C15H18N2O. The fraction of sp³-hybridized carbons (Fsp3) is 0.200. The van der Waals surface area contributed by atoms with E-state index in [1.807, 2.05) is 42.5 Å². The van der Waals surface area contributed by atoms with Gasteiger partial charge in [-0.3, -0.25) is 0 Å². The maximum atomic E-state index is 5.65. The second-order valence-corrected chi connectivity index (χ2v) is 4.21. The predicted molar refractivity (Wildman–Crippen MR) is 76.0 cm³/mol. The molecule has 0 amide bonds. The number of nitrogens with one attached hydrogen (secondary N) is 1. The van der Waals surface area contributed by atoms with Gasteiger partial charge in [0, 0.05) is 17.9 Å². The van der Waals surface area contributed by atoms with E-state index in [2.05, 4.69) is 18.3 Å². The standard InChI is InChI=1S/C15H18N2O/c1-12-3-2-4-15(11-12)18-10-9-17-14-7-5-13(16)6-8-14/h2-8,11,17H,9-10,16H2,1H3. The lowest BCUT2D eigenvalue weighted by Crippen LogP contribution is -2.11. The Morgan fingerprint density at radius 2 is 1.89 bits per heavy atom. The van der Waals surface area contributed by atoms with Crippen molar-refractivity contribution in [2.45, 2.75) is 6.92 Å². The fourth-order valence-electron chi connectivity index (χ4n) is 1.67. The first-order valence-corrected chi connectivity index (χ1v) is 6.03. The van der Waals surface area contributed by atoms with Gasteiger partial charge in [0.2, 0.25) is 0 Å². The number of benzene rings is 2. The number of nitrogens with two attached hydrogens (primary N) is 1. The lowest BCUT2D eigenvalue weighted by Gasteiger charge is -2.09. The van der Waals surface area contributed by atoms with E-state index in [4.69, 9.17) is 10.5 Å². The summed E-state index contributed by atoms with van der Waals surface area (Å²) in [6.07, 6.45) is 0. The van der Waals surface area contributed by atoms with Crippen LogP contribution in [0.3, 0.4) is 0 Å². The van der Waals surface area contributed by atoms with Gasteiger partial charge in [0.25, 0.3) is 0 Å². The van der Waals surface area contributed by atoms with Gasteiger partial charge in [-0.05, 0) is 48.9 Å². The maximum Gasteiger partial charge on any atom is 0.119 e. The SMILES string of the molecule is Cc1cccc(OCCNc2ccc(N)cc2)c1. The van der Waals surface area contributed by atoms with Crippen molar-refractivity contribution < 1.29 is 4.74 Å². The Balaban J connectivity index is 1.74. The van der Waals surface area contributed by atoms with Gasteiger partial charge in [-0.2, -0.15) is 0 Å². The Bertz CT molecular complexity index is 494. The van der Waals surface area contributed by atoms with Crippen LogP contribution in [-0.2, 0) is 0 Å². The first kappa shape index (κ1) is 12.3. The summed E-state index contributed by atoms with van der Waals surface area (Å²) in [5.74, 6) is 0.911. The molecule has 0 aromatic heterocycles. The molecule has 0 fully saturated rings. The molecule has 0 aliphatic carbocycles. The Kier molecular flexibility index (Phi) is 4.07. The van der Waals surface area contributed by atoms with E-state index in [0.717, 1.165) is 23.7 Å². The second kappa shape index (κ2) is 5.96. The lowest BCUT2D eigenvalue weighted by molar-refractivity contribution is 0.332. The van der Waals surface area contributed by atoms with Crippen molar-refractivity contribution in [2.24, 2.45) is 0 Å². The van der Waals surface area contributed by atoms with Crippen LogP contribution in [0.2, 0.25) is 0 Å². The molecule has 0 bridgehead atoms. The quantitative estimate of drug-likeness (QED) is 0.625. The highest BCUT2D eigenvalue weighted by Gasteiger charge is 1.94. The summed E-state index contributed by atoms with van der Waals surface area (Å²) < 4.78 is 5.65. The van der Waals surface area contributed by atoms with E-state index in [-0.39, 0.29) is 0 Å². The van der Waals surface area contributed by atoms with E-state index >= 15 is 0 Å². The molecule has 0 spiro atoms. The molecular weight excluding hydrogens is 224 g/mol. The molecule has 2 aromatic rings. The van der Waals surface area contributed by atoms with Gasteiger partial charge in [0.15, 0.2) is 0 Å². The summed E-state index contributed by atoms with van der Waals surface area (Å²) in [4.78, 5) is 0. The molecule has 2 aromatic carbocycles. The number of aryl methyl sites for hydroxylation is 1. The molecule has 2 rings (SSSR count). The van der Waals surface area contributed by atoms with Crippen molar-refractivity contribution in [2.75, 3.05) is 24.2 Å². The number of hydrogen-bond donors (Lipinski definition) is 2. The molecule has 0 heterocycles. The van der Waals surface area contributed by atoms with E-state index in [1.165, 1.54) is 5.56 Å². The van der Waals surface area contributed by atoms with Gasteiger partial charge >= 0.3 is 0 Å². The first-order chi connectivity index (χ1) is 8.74. The highest BCUT2D eigenvalue weighted by molar-refractivity contribution is 5.51. The molecule has 18 heavy (non-hydrogen) atoms. The molecule has 0 saturated carbocycles. The van der Waals surface area contributed by atoms with Gasteiger partial charge in [-0.15, -0.1) is 0 Å². The second-order valence-electron chi connectivity index (χ2n) is 4.21. The maximum absolute atomic E-state index is 5.65. The minimum atomic E-state index is 0.633. The molecule has 94 valence electrons. The van der Waals surface area contributed by atoms with Crippen LogP contribution in [-0.4, -0.2) is 13.2 Å². The van der Waals surface area contributed by atoms with Crippen LogP contribution < -0.4 is 15.8 Å². The zero-order chi connectivity index (χ0) is 12.8. The number of rotatable bonds is 5. The zero-order valence-corrected chi connectivity index (χ0v) is 10.5. The highest BCUT2D eigenvalue weighted by Crippen LogP contribution is 2.13. The van der Waals surface area contributed by atoms with E-state index < -0.39 is 0 Å². The normalized spacial score (nSPS) is 10.1. The van der Waals surface area contributed by atoms with Crippen molar-refractivity contribution in [3.63, 3.8) is 0 Å². The Labute approximate surface area is 108 Å². The van der Waals surface area contributed by atoms with Gasteiger partial charge in [-0.1, -0.05) is 12.1 Å². The molecule has 0 saturated heterocycles. The number of anilines is 2. The predicted octanol–water partition coefficient (Wildman–Crippen LogP) is 3.07. The zero-order valence-electron chi connectivity index (χ0n) is 10.5. The summed E-state index contributed by atoms with van der Waals surface area (Å²) in [6, 6.07) is 15.7. The molecule has 3 N–H and O–H groups in total. The average Bonchev–Trinajstić information content (AvgIpc) is 2.37. The molecule has 3 nitrogen and oxygen atoms in total. The summed E-state index contributed by atoms with van der Waals surface area (Å²) >= 11 is 0. The molecule has 0 radical (unpaired) electrons. The number of ether oxygens (including phenoxy) is 1. The van der Waals surface area contributed by atoms with Gasteiger partial charge in [0.1, 0.15) is 12.4 Å². The van der Waals surface area contributed by atoms with Crippen LogP contribution >= 0.6 is 0 Å². The highest BCUT2D eigenvalue weighted by atomic mass is 16.5.